The van der Waals surface area contributed by atoms with Crippen molar-refractivity contribution in [1.29, 1.82) is 0 Å². The summed E-state index contributed by atoms with van der Waals surface area (Å²) in [5, 5.41) is 0. The smallest absolute Gasteiger partial charge is 0.222 e. The Bertz CT molecular complexity index is 183. The third kappa shape index (κ3) is 6.11. The monoisotopic (exact) mass is 177 g/mol. The van der Waals surface area contributed by atoms with Crippen LogP contribution in [-0.4, -0.2) is 44.4 Å². The van der Waals surface area contributed by atoms with Crippen molar-refractivity contribution in [2.75, 3.05) is 33.6 Å². The summed E-state index contributed by atoms with van der Waals surface area (Å²) in [6.07, 6.45) is 0.918. The SMILES string of the molecule is CN(C)C(=O)CCP(C)(C)=O. The third-order valence-corrected chi connectivity index (χ3v) is 2.66. The lowest BCUT2D eigenvalue weighted by Gasteiger charge is -2.11. The molecule has 0 aliphatic rings. The van der Waals surface area contributed by atoms with Crippen LogP contribution >= 0.6 is 7.14 Å². The van der Waals surface area contributed by atoms with Gasteiger partial charge in [-0.3, -0.25) is 4.79 Å². The van der Waals surface area contributed by atoms with E-state index < -0.39 is 7.14 Å². The first-order chi connectivity index (χ1) is 4.83. The highest BCUT2D eigenvalue weighted by molar-refractivity contribution is 7.62. The van der Waals surface area contributed by atoms with Gasteiger partial charge in [-0.15, -0.1) is 0 Å². The second kappa shape index (κ2) is 3.91. The van der Waals surface area contributed by atoms with Crippen molar-refractivity contribution >= 4 is 13.0 Å². The Labute approximate surface area is 68.1 Å². The van der Waals surface area contributed by atoms with Gasteiger partial charge in [0.1, 0.15) is 0 Å². The van der Waals surface area contributed by atoms with Crippen molar-refractivity contribution in [2.45, 2.75) is 6.42 Å². The maximum atomic E-state index is 11.2. The molecule has 0 fully saturated rings. The third-order valence-electron chi connectivity index (χ3n) is 1.36. The molecule has 0 aromatic carbocycles. The van der Waals surface area contributed by atoms with Crippen LogP contribution in [0.3, 0.4) is 0 Å². The first-order valence-electron chi connectivity index (χ1n) is 3.57. The Hall–Kier alpha value is -0.300. The zero-order valence-corrected chi connectivity index (χ0v) is 8.52. The van der Waals surface area contributed by atoms with Gasteiger partial charge in [0, 0.05) is 26.7 Å². The van der Waals surface area contributed by atoms with Crippen molar-refractivity contribution < 1.29 is 9.36 Å². The zero-order valence-electron chi connectivity index (χ0n) is 7.63. The lowest BCUT2D eigenvalue weighted by atomic mass is 10.4. The number of amides is 1. The maximum absolute atomic E-state index is 11.2. The standard InChI is InChI=1S/C7H16NO2P/c1-8(2)7(9)5-6-11(3,4)10/h5-6H2,1-4H3. The molecule has 0 atom stereocenters. The van der Waals surface area contributed by atoms with Gasteiger partial charge in [-0.2, -0.15) is 0 Å². The van der Waals surface area contributed by atoms with Crippen LogP contribution in [0, 0.1) is 0 Å². The molecular weight excluding hydrogens is 161 g/mol. The Morgan fingerprint density at radius 1 is 1.36 bits per heavy atom. The summed E-state index contributed by atoms with van der Waals surface area (Å²) < 4.78 is 11.2. The molecule has 0 radical (unpaired) electrons. The molecule has 0 aromatic rings. The van der Waals surface area contributed by atoms with Crippen LogP contribution in [0.15, 0.2) is 0 Å². The Kier molecular flexibility index (Phi) is 3.81. The van der Waals surface area contributed by atoms with Gasteiger partial charge in [0.15, 0.2) is 0 Å². The molecule has 0 spiro atoms. The second-order valence-corrected chi connectivity index (χ2v) is 6.93. The molecule has 1 amide bonds. The van der Waals surface area contributed by atoms with Gasteiger partial charge in [0.25, 0.3) is 0 Å². The summed E-state index contributed by atoms with van der Waals surface area (Å²) in [5.41, 5.74) is 0. The van der Waals surface area contributed by atoms with Gasteiger partial charge in [-0.1, -0.05) is 0 Å². The van der Waals surface area contributed by atoms with Crippen LogP contribution in [0.25, 0.3) is 0 Å². The number of hydrogen-bond acceptors (Lipinski definition) is 2. The van der Waals surface area contributed by atoms with E-state index in [0.717, 1.165) is 0 Å². The molecule has 0 saturated heterocycles. The predicted octanol–water partition coefficient (Wildman–Crippen LogP) is 1.09. The summed E-state index contributed by atoms with van der Waals surface area (Å²) in [7, 11) is 1.41. The number of carbonyl (C=O) groups is 1. The normalized spacial score (nSPS) is 11.3. The first-order valence-corrected chi connectivity index (χ1v) is 6.36. The highest BCUT2D eigenvalue weighted by atomic mass is 31.2. The molecule has 0 bridgehead atoms. The number of carbonyl (C=O) groups excluding carboxylic acids is 1. The highest BCUT2D eigenvalue weighted by Gasteiger charge is 2.11. The van der Waals surface area contributed by atoms with Crippen LogP contribution in [0.4, 0.5) is 0 Å². The molecule has 4 heteroatoms. The molecule has 3 nitrogen and oxygen atoms in total. The summed E-state index contributed by atoms with van der Waals surface area (Å²) in [5.74, 6) is 0.0499. The van der Waals surface area contributed by atoms with Gasteiger partial charge >= 0.3 is 0 Å². The minimum Gasteiger partial charge on any atom is -0.349 e. The van der Waals surface area contributed by atoms with E-state index >= 15 is 0 Å². The molecule has 0 unspecified atom stereocenters. The van der Waals surface area contributed by atoms with Crippen LogP contribution < -0.4 is 0 Å². The van der Waals surface area contributed by atoms with E-state index in [1.165, 1.54) is 4.90 Å². The Morgan fingerprint density at radius 2 is 1.82 bits per heavy atom. The maximum Gasteiger partial charge on any atom is 0.222 e. The van der Waals surface area contributed by atoms with E-state index in [9.17, 15) is 9.36 Å². The van der Waals surface area contributed by atoms with Crippen LogP contribution in [0.2, 0.25) is 0 Å². The van der Waals surface area contributed by atoms with Crippen LogP contribution in [0.1, 0.15) is 6.42 Å². The summed E-state index contributed by atoms with van der Waals surface area (Å²) in [6, 6.07) is 0. The lowest BCUT2D eigenvalue weighted by molar-refractivity contribution is -0.128. The van der Waals surface area contributed by atoms with Crippen LogP contribution in [0.5, 0.6) is 0 Å². The highest BCUT2D eigenvalue weighted by Crippen LogP contribution is 2.36. The van der Waals surface area contributed by atoms with Crippen molar-refractivity contribution in [3.05, 3.63) is 0 Å². The Morgan fingerprint density at radius 3 is 2.09 bits per heavy atom. The van der Waals surface area contributed by atoms with Crippen molar-refractivity contribution in [2.24, 2.45) is 0 Å². The topological polar surface area (TPSA) is 37.4 Å². The quantitative estimate of drug-likeness (QED) is 0.605. The fourth-order valence-electron chi connectivity index (χ4n) is 0.589. The molecule has 66 valence electrons. The van der Waals surface area contributed by atoms with Crippen molar-refractivity contribution in [3.8, 4) is 0 Å². The first kappa shape index (κ1) is 10.7. The molecule has 0 rings (SSSR count). The van der Waals surface area contributed by atoms with Crippen molar-refractivity contribution in [3.63, 3.8) is 0 Å². The minimum absolute atomic E-state index is 0.0499. The molecule has 0 heterocycles. The Balaban J connectivity index is 3.73. The van der Waals surface area contributed by atoms with Crippen molar-refractivity contribution in [1.82, 2.24) is 4.90 Å². The molecule has 0 N–H and O–H groups in total. The minimum atomic E-state index is -2.01. The van der Waals surface area contributed by atoms with E-state index in [2.05, 4.69) is 0 Å². The van der Waals surface area contributed by atoms with E-state index in [-0.39, 0.29) is 5.91 Å². The summed E-state index contributed by atoms with van der Waals surface area (Å²) in [6.45, 7) is 3.41. The summed E-state index contributed by atoms with van der Waals surface area (Å²) in [4.78, 5) is 12.5. The van der Waals surface area contributed by atoms with Gasteiger partial charge in [-0.05, 0) is 13.3 Å². The molecular formula is C7H16NO2P. The fraction of sp³-hybridized carbons (Fsp3) is 0.857. The fourth-order valence-corrected chi connectivity index (χ4v) is 1.32. The molecule has 0 aromatic heterocycles. The largest absolute Gasteiger partial charge is 0.349 e. The lowest BCUT2D eigenvalue weighted by Crippen LogP contribution is -2.22. The van der Waals surface area contributed by atoms with E-state index in [1.54, 1.807) is 27.4 Å². The van der Waals surface area contributed by atoms with Crippen LogP contribution in [-0.2, 0) is 9.36 Å². The molecule has 0 saturated carbocycles. The predicted molar refractivity (Wildman–Crippen MR) is 47.6 cm³/mol. The molecule has 11 heavy (non-hydrogen) atoms. The zero-order chi connectivity index (χ0) is 9.07. The van der Waals surface area contributed by atoms with Gasteiger partial charge in [0.2, 0.25) is 5.91 Å². The van der Waals surface area contributed by atoms with E-state index in [0.29, 0.717) is 12.6 Å². The van der Waals surface area contributed by atoms with Gasteiger partial charge < -0.3 is 9.46 Å². The summed E-state index contributed by atoms with van der Waals surface area (Å²) >= 11 is 0. The number of nitrogens with zero attached hydrogens (tertiary/aromatic N) is 1. The molecule has 0 aliphatic heterocycles. The van der Waals surface area contributed by atoms with E-state index in [1.807, 2.05) is 0 Å². The van der Waals surface area contributed by atoms with E-state index in [4.69, 9.17) is 0 Å². The molecule has 0 aliphatic carbocycles. The average Bonchev–Trinajstić information content (AvgIpc) is 1.80. The van der Waals surface area contributed by atoms with Gasteiger partial charge in [-0.25, -0.2) is 0 Å². The van der Waals surface area contributed by atoms with Gasteiger partial charge in [0.05, 0.1) is 7.14 Å². The number of rotatable bonds is 3. The second-order valence-electron chi connectivity index (χ2n) is 3.34. The number of hydrogen-bond donors (Lipinski definition) is 0. The average molecular weight is 177 g/mol.